The van der Waals surface area contributed by atoms with Crippen LogP contribution in [-0.4, -0.2) is 25.1 Å². The molecule has 0 saturated heterocycles. The first-order valence-electron chi connectivity index (χ1n) is 6.25. The summed E-state index contributed by atoms with van der Waals surface area (Å²) >= 11 is 0. The Labute approximate surface area is 118 Å². The second-order valence-corrected chi connectivity index (χ2v) is 4.57. The topological polar surface area (TPSA) is 50.4 Å². The molecule has 0 aromatic heterocycles. The van der Waals surface area contributed by atoms with Crippen molar-refractivity contribution in [2.24, 2.45) is 0 Å². The lowest BCUT2D eigenvalue weighted by molar-refractivity contribution is -0.122. The Morgan fingerprint density at radius 2 is 2.37 bits per heavy atom. The zero-order valence-corrected chi connectivity index (χ0v) is 11.3. The fourth-order valence-electron chi connectivity index (χ4n) is 2.30. The van der Waals surface area contributed by atoms with E-state index in [1.807, 2.05) is 24.3 Å². The maximum Gasteiger partial charge on any atom is 0.241 e. The lowest BCUT2D eigenvalue weighted by Crippen LogP contribution is -2.40. The van der Waals surface area contributed by atoms with Crippen LogP contribution in [0, 0.1) is 0 Å². The molecule has 2 heterocycles. The van der Waals surface area contributed by atoms with Crippen LogP contribution < -0.4 is 15.4 Å². The number of benzene rings is 1. The number of ether oxygens (including phenoxy) is 1. The second-order valence-electron chi connectivity index (χ2n) is 4.57. The molecule has 5 heteroatoms. The number of hydrogen-bond donors (Lipinski definition) is 2. The lowest BCUT2D eigenvalue weighted by Gasteiger charge is -2.10. The highest BCUT2D eigenvalue weighted by molar-refractivity contribution is 5.85. The van der Waals surface area contributed by atoms with Crippen LogP contribution in [0.2, 0.25) is 0 Å². The van der Waals surface area contributed by atoms with Crippen LogP contribution >= 0.6 is 12.4 Å². The largest absolute Gasteiger partial charge is 0.493 e. The quantitative estimate of drug-likeness (QED) is 0.818. The number of nitrogens with one attached hydrogen (secondary N) is 2. The first kappa shape index (κ1) is 13.9. The van der Waals surface area contributed by atoms with Gasteiger partial charge in [0.25, 0.3) is 0 Å². The molecule has 1 atom stereocenters. The summed E-state index contributed by atoms with van der Waals surface area (Å²) in [5.41, 5.74) is 2.36. The molecule has 1 amide bonds. The van der Waals surface area contributed by atoms with E-state index in [0.717, 1.165) is 30.9 Å². The second kappa shape index (κ2) is 6.08. The highest BCUT2D eigenvalue weighted by atomic mass is 35.5. The van der Waals surface area contributed by atoms with Gasteiger partial charge in [0, 0.05) is 19.5 Å². The van der Waals surface area contributed by atoms with Crippen molar-refractivity contribution in [3.05, 3.63) is 41.5 Å². The summed E-state index contributed by atoms with van der Waals surface area (Å²) in [6.07, 6.45) is 4.83. The van der Waals surface area contributed by atoms with E-state index in [1.165, 1.54) is 5.56 Å². The highest BCUT2D eigenvalue weighted by Gasteiger charge is 2.17. The van der Waals surface area contributed by atoms with Gasteiger partial charge in [-0.15, -0.1) is 12.4 Å². The molecule has 0 aliphatic carbocycles. The van der Waals surface area contributed by atoms with Crippen LogP contribution in [0.4, 0.5) is 0 Å². The molecule has 0 fully saturated rings. The molecule has 0 radical (unpaired) electrons. The van der Waals surface area contributed by atoms with Gasteiger partial charge in [-0.1, -0.05) is 24.3 Å². The maximum atomic E-state index is 11.8. The van der Waals surface area contributed by atoms with Gasteiger partial charge >= 0.3 is 0 Å². The summed E-state index contributed by atoms with van der Waals surface area (Å²) in [4.78, 5) is 11.8. The van der Waals surface area contributed by atoms with Crippen LogP contribution in [-0.2, 0) is 17.8 Å². The molecule has 2 aliphatic rings. The molecule has 0 spiro atoms. The minimum atomic E-state index is -0.178. The van der Waals surface area contributed by atoms with E-state index in [9.17, 15) is 4.79 Å². The Hall–Kier alpha value is -1.52. The third kappa shape index (κ3) is 3.08. The van der Waals surface area contributed by atoms with Gasteiger partial charge in [0.1, 0.15) is 11.8 Å². The monoisotopic (exact) mass is 280 g/mol. The fourth-order valence-corrected chi connectivity index (χ4v) is 2.30. The van der Waals surface area contributed by atoms with Gasteiger partial charge in [-0.3, -0.25) is 10.1 Å². The molecule has 2 N–H and O–H groups in total. The summed E-state index contributed by atoms with van der Waals surface area (Å²) in [6.45, 7) is 2.11. The molecule has 0 bridgehead atoms. The SMILES string of the molecule is Cl.O=C(NCc1ccc2c(c1)CCO2)C1C=CCN1. The molecule has 1 aromatic carbocycles. The third-order valence-electron chi connectivity index (χ3n) is 3.29. The Morgan fingerprint density at radius 3 is 3.16 bits per heavy atom. The number of rotatable bonds is 3. The van der Waals surface area contributed by atoms with Crippen LogP contribution in [0.25, 0.3) is 0 Å². The highest BCUT2D eigenvalue weighted by Crippen LogP contribution is 2.25. The van der Waals surface area contributed by atoms with Gasteiger partial charge < -0.3 is 10.1 Å². The van der Waals surface area contributed by atoms with E-state index in [4.69, 9.17) is 4.74 Å². The Balaban J connectivity index is 0.00000133. The van der Waals surface area contributed by atoms with Gasteiger partial charge in [0.15, 0.2) is 0 Å². The van der Waals surface area contributed by atoms with E-state index in [0.29, 0.717) is 6.54 Å². The van der Waals surface area contributed by atoms with E-state index in [2.05, 4.69) is 16.7 Å². The number of amides is 1. The van der Waals surface area contributed by atoms with E-state index >= 15 is 0 Å². The summed E-state index contributed by atoms with van der Waals surface area (Å²) in [6, 6.07) is 5.92. The number of hydrogen-bond acceptors (Lipinski definition) is 3. The number of carbonyl (C=O) groups is 1. The molecular formula is C14H17ClN2O2. The smallest absolute Gasteiger partial charge is 0.241 e. The summed E-state index contributed by atoms with van der Waals surface area (Å²) < 4.78 is 5.45. The van der Waals surface area contributed by atoms with Crippen molar-refractivity contribution in [1.29, 1.82) is 0 Å². The summed E-state index contributed by atoms with van der Waals surface area (Å²) in [5, 5.41) is 6.03. The van der Waals surface area contributed by atoms with Crippen molar-refractivity contribution in [2.75, 3.05) is 13.2 Å². The summed E-state index contributed by atoms with van der Waals surface area (Å²) in [5.74, 6) is 1.01. The van der Waals surface area contributed by atoms with Crippen LogP contribution in [0.1, 0.15) is 11.1 Å². The van der Waals surface area contributed by atoms with Crippen molar-refractivity contribution in [1.82, 2.24) is 10.6 Å². The lowest BCUT2D eigenvalue weighted by atomic mass is 10.1. The van der Waals surface area contributed by atoms with Crippen LogP contribution in [0.15, 0.2) is 30.4 Å². The Morgan fingerprint density at radius 1 is 1.47 bits per heavy atom. The van der Waals surface area contributed by atoms with E-state index in [-0.39, 0.29) is 24.4 Å². The molecule has 0 saturated carbocycles. The van der Waals surface area contributed by atoms with E-state index < -0.39 is 0 Å². The van der Waals surface area contributed by atoms with Crippen molar-refractivity contribution < 1.29 is 9.53 Å². The van der Waals surface area contributed by atoms with Crippen molar-refractivity contribution in [2.45, 2.75) is 19.0 Å². The molecule has 3 rings (SSSR count). The van der Waals surface area contributed by atoms with Crippen molar-refractivity contribution >= 4 is 18.3 Å². The summed E-state index contributed by atoms with van der Waals surface area (Å²) in [7, 11) is 0. The first-order valence-corrected chi connectivity index (χ1v) is 6.25. The van der Waals surface area contributed by atoms with Gasteiger partial charge in [0.05, 0.1) is 6.61 Å². The predicted octanol–water partition coefficient (Wildman–Crippen LogP) is 1.19. The number of halogens is 1. The molecule has 1 unspecified atom stereocenters. The zero-order chi connectivity index (χ0) is 12.4. The molecule has 1 aromatic rings. The molecule has 2 aliphatic heterocycles. The van der Waals surface area contributed by atoms with Gasteiger partial charge in [-0.25, -0.2) is 0 Å². The van der Waals surface area contributed by atoms with Crippen LogP contribution in [0.3, 0.4) is 0 Å². The molecule has 102 valence electrons. The van der Waals surface area contributed by atoms with Crippen molar-refractivity contribution in [3.63, 3.8) is 0 Å². The zero-order valence-electron chi connectivity index (χ0n) is 10.5. The molecule has 19 heavy (non-hydrogen) atoms. The van der Waals surface area contributed by atoms with Crippen molar-refractivity contribution in [3.8, 4) is 5.75 Å². The van der Waals surface area contributed by atoms with E-state index in [1.54, 1.807) is 0 Å². The van der Waals surface area contributed by atoms with Gasteiger partial charge in [0.2, 0.25) is 5.91 Å². The average molecular weight is 281 g/mol. The maximum absolute atomic E-state index is 11.8. The molecular weight excluding hydrogens is 264 g/mol. The van der Waals surface area contributed by atoms with Crippen LogP contribution in [0.5, 0.6) is 5.75 Å². The molecule has 4 nitrogen and oxygen atoms in total. The minimum Gasteiger partial charge on any atom is -0.493 e. The Kier molecular flexibility index (Phi) is 4.45. The normalized spacial score (nSPS) is 19.5. The average Bonchev–Trinajstić information content (AvgIpc) is 3.05. The third-order valence-corrected chi connectivity index (χ3v) is 3.29. The number of carbonyl (C=O) groups excluding carboxylic acids is 1. The van der Waals surface area contributed by atoms with Gasteiger partial charge in [-0.2, -0.15) is 0 Å². The van der Waals surface area contributed by atoms with Gasteiger partial charge in [-0.05, 0) is 17.2 Å². The fraction of sp³-hybridized carbons (Fsp3) is 0.357. The number of fused-ring (bicyclic) bond motifs is 1. The Bertz CT molecular complexity index is 502. The standard InChI is InChI=1S/C14H16N2O2.ClH/c17-14(12-2-1-6-15-12)16-9-10-3-4-13-11(8-10)5-7-18-13;/h1-4,8,12,15H,5-7,9H2,(H,16,17);1H. The predicted molar refractivity (Wildman–Crippen MR) is 75.7 cm³/mol. The minimum absolute atomic E-state index is 0. The first-order chi connectivity index (χ1) is 8.83.